The summed E-state index contributed by atoms with van der Waals surface area (Å²) >= 11 is 0. The van der Waals surface area contributed by atoms with E-state index in [0.29, 0.717) is 31.0 Å². The molecule has 2 aromatic rings. The average molecular weight is 335 g/mol. The van der Waals surface area contributed by atoms with E-state index in [1.165, 1.54) is 5.56 Å². The zero-order valence-electron chi connectivity index (χ0n) is 14.0. The van der Waals surface area contributed by atoms with Crippen molar-refractivity contribution in [2.24, 2.45) is 0 Å². The molecule has 6 heteroatoms. The molecule has 3 N–H and O–H groups in total. The maximum Gasteiger partial charge on any atom is 0.314 e. The lowest BCUT2D eigenvalue weighted by molar-refractivity contribution is 0.240. The van der Waals surface area contributed by atoms with Crippen LogP contribution in [0, 0.1) is 11.3 Å². The summed E-state index contributed by atoms with van der Waals surface area (Å²) in [6, 6.07) is 15.6. The Balaban J connectivity index is 1.38. The van der Waals surface area contributed by atoms with Crippen LogP contribution in [0.1, 0.15) is 24.0 Å². The maximum absolute atomic E-state index is 12.0. The lowest BCUT2D eigenvalue weighted by atomic mass is 9.96. The SMILES string of the molecule is N#Cc1cccnc1NCCNC(=O)NCC1(c2ccccc2)CC1. The number of nitriles is 1. The summed E-state index contributed by atoms with van der Waals surface area (Å²) in [4.78, 5) is 16.1. The van der Waals surface area contributed by atoms with Crippen molar-refractivity contribution in [3.8, 4) is 6.07 Å². The van der Waals surface area contributed by atoms with Gasteiger partial charge < -0.3 is 16.0 Å². The van der Waals surface area contributed by atoms with Gasteiger partial charge in [-0.3, -0.25) is 0 Å². The molecule has 1 heterocycles. The standard InChI is InChI=1S/C19H21N5O/c20-13-15-5-4-10-21-17(15)22-11-12-23-18(25)24-14-19(8-9-19)16-6-2-1-3-7-16/h1-7,10H,8-9,11-12,14H2,(H,21,22)(H2,23,24,25). The average Bonchev–Trinajstić information content (AvgIpc) is 3.46. The van der Waals surface area contributed by atoms with E-state index < -0.39 is 0 Å². The minimum atomic E-state index is -0.175. The summed E-state index contributed by atoms with van der Waals surface area (Å²) in [5.74, 6) is 0.535. The summed E-state index contributed by atoms with van der Waals surface area (Å²) in [6.07, 6.45) is 3.84. The van der Waals surface area contributed by atoms with Crippen LogP contribution in [0.5, 0.6) is 0 Å². The summed E-state index contributed by atoms with van der Waals surface area (Å²) in [5, 5.41) is 17.8. The minimum absolute atomic E-state index is 0.104. The van der Waals surface area contributed by atoms with Gasteiger partial charge in [0.05, 0.1) is 5.56 Å². The Morgan fingerprint density at radius 3 is 2.64 bits per heavy atom. The predicted molar refractivity (Wildman–Crippen MR) is 96.2 cm³/mol. The quantitative estimate of drug-likeness (QED) is 0.678. The molecule has 128 valence electrons. The molecule has 1 aliphatic carbocycles. The smallest absolute Gasteiger partial charge is 0.314 e. The van der Waals surface area contributed by atoms with Crippen molar-refractivity contribution in [2.75, 3.05) is 25.0 Å². The maximum atomic E-state index is 12.0. The highest BCUT2D eigenvalue weighted by molar-refractivity contribution is 5.74. The van der Waals surface area contributed by atoms with Crippen molar-refractivity contribution < 1.29 is 4.79 Å². The van der Waals surface area contributed by atoms with Crippen LogP contribution < -0.4 is 16.0 Å². The number of urea groups is 1. The molecule has 0 unspecified atom stereocenters. The molecule has 25 heavy (non-hydrogen) atoms. The zero-order valence-corrected chi connectivity index (χ0v) is 14.0. The highest BCUT2D eigenvalue weighted by Crippen LogP contribution is 2.47. The molecule has 1 saturated carbocycles. The fourth-order valence-electron chi connectivity index (χ4n) is 2.82. The summed E-state index contributed by atoms with van der Waals surface area (Å²) in [6.45, 7) is 1.60. The number of carbonyl (C=O) groups excluding carboxylic acids is 1. The van der Waals surface area contributed by atoms with Crippen LogP contribution in [0.4, 0.5) is 10.6 Å². The Labute approximate surface area is 147 Å². The Bertz CT molecular complexity index is 765. The van der Waals surface area contributed by atoms with E-state index in [-0.39, 0.29) is 11.4 Å². The summed E-state index contributed by atoms with van der Waals surface area (Å²) in [7, 11) is 0. The molecule has 3 rings (SSSR count). The van der Waals surface area contributed by atoms with E-state index in [9.17, 15) is 4.79 Å². The normalized spacial score (nSPS) is 14.2. The molecular weight excluding hydrogens is 314 g/mol. The van der Waals surface area contributed by atoms with Gasteiger partial charge in [0.15, 0.2) is 0 Å². The number of aromatic nitrogens is 1. The van der Waals surface area contributed by atoms with Crippen LogP contribution in [-0.2, 0) is 5.41 Å². The van der Waals surface area contributed by atoms with E-state index in [1.807, 2.05) is 18.2 Å². The highest BCUT2D eigenvalue weighted by Gasteiger charge is 2.44. The van der Waals surface area contributed by atoms with Crippen LogP contribution in [0.3, 0.4) is 0 Å². The molecule has 0 spiro atoms. The molecule has 0 aliphatic heterocycles. The number of nitrogens with zero attached hydrogens (tertiary/aromatic N) is 2. The van der Waals surface area contributed by atoms with Gasteiger partial charge in [0, 0.05) is 31.2 Å². The van der Waals surface area contributed by atoms with E-state index in [1.54, 1.807) is 18.3 Å². The Morgan fingerprint density at radius 2 is 1.92 bits per heavy atom. The number of pyridine rings is 1. The second-order valence-corrected chi connectivity index (χ2v) is 6.19. The van der Waals surface area contributed by atoms with Gasteiger partial charge in [0.1, 0.15) is 11.9 Å². The summed E-state index contributed by atoms with van der Waals surface area (Å²) in [5.41, 5.74) is 1.88. The van der Waals surface area contributed by atoms with E-state index in [0.717, 1.165) is 12.8 Å². The topological polar surface area (TPSA) is 89.8 Å². The molecule has 0 radical (unpaired) electrons. The fourth-order valence-corrected chi connectivity index (χ4v) is 2.82. The van der Waals surface area contributed by atoms with E-state index >= 15 is 0 Å². The number of carbonyl (C=O) groups is 1. The van der Waals surface area contributed by atoms with Crippen LogP contribution >= 0.6 is 0 Å². The lowest BCUT2D eigenvalue weighted by Crippen LogP contribution is -2.41. The van der Waals surface area contributed by atoms with Crippen molar-refractivity contribution in [2.45, 2.75) is 18.3 Å². The number of hydrogen-bond donors (Lipinski definition) is 3. The largest absolute Gasteiger partial charge is 0.367 e. The van der Waals surface area contributed by atoms with Gasteiger partial charge in [0.2, 0.25) is 0 Å². The van der Waals surface area contributed by atoms with Crippen molar-refractivity contribution in [3.63, 3.8) is 0 Å². The molecule has 1 aromatic heterocycles. The zero-order chi connectivity index (χ0) is 17.5. The van der Waals surface area contributed by atoms with Gasteiger partial charge >= 0.3 is 6.03 Å². The first-order chi connectivity index (χ1) is 12.2. The van der Waals surface area contributed by atoms with E-state index in [2.05, 4.69) is 39.1 Å². The monoisotopic (exact) mass is 335 g/mol. The van der Waals surface area contributed by atoms with Gasteiger partial charge in [-0.15, -0.1) is 0 Å². The number of hydrogen-bond acceptors (Lipinski definition) is 4. The molecule has 6 nitrogen and oxygen atoms in total. The predicted octanol–water partition coefficient (Wildman–Crippen LogP) is 2.40. The number of amides is 2. The van der Waals surface area contributed by atoms with Gasteiger partial charge in [-0.05, 0) is 30.5 Å². The molecule has 0 bridgehead atoms. The molecular formula is C19H21N5O. The second kappa shape index (κ2) is 7.67. The van der Waals surface area contributed by atoms with Gasteiger partial charge in [-0.25, -0.2) is 9.78 Å². The highest BCUT2D eigenvalue weighted by atomic mass is 16.2. The van der Waals surface area contributed by atoms with Crippen LogP contribution in [0.15, 0.2) is 48.7 Å². The molecule has 1 aromatic carbocycles. The summed E-state index contributed by atoms with van der Waals surface area (Å²) < 4.78 is 0. The molecule has 0 atom stereocenters. The molecule has 1 fully saturated rings. The van der Waals surface area contributed by atoms with Crippen molar-refractivity contribution in [1.29, 1.82) is 5.26 Å². The fraction of sp³-hybridized carbons (Fsp3) is 0.316. The van der Waals surface area contributed by atoms with Gasteiger partial charge in [0.25, 0.3) is 0 Å². The minimum Gasteiger partial charge on any atom is -0.367 e. The second-order valence-electron chi connectivity index (χ2n) is 6.19. The first-order valence-corrected chi connectivity index (χ1v) is 8.40. The van der Waals surface area contributed by atoms with Crippen molar-refractivity contribution in [1.82, 2.24) is 15.6 Å². The third kappa shape index (κ3) is 4.27. The van der Waals surface area contributed by atoms with E-state index in [4.69, 9.17) is 5.26 Å². The first kappa shape index (κ1) is 16.8. The number of rotatable bonds is 7. The molecule has 1 aliphatic rings. The Hall–Kier alpha value is -3.07. The third-order valence-corrected chi connectivity index (χ3v) is 4.46. The van der Waals surface area contributed by atoms with Gasteiger partial charge in [-0.1, -0.05) is 30.3 Å². The number of nitrogens with one attached hydrogen (secondary N) is 3. The third-order valence-electron chi connectivity index (χ3n) is 4.46. The Morgan fingerprint density at radius 1 is 1.12 bits per heavy atom. The van der Waals surface area contributed by atoms with Crippen molar-refractivity contribution >= 4 is 11.8 Å². The first-order valence-electron chi connectivity index (χ1n) is 8.40. The van der Waals surface area contributed by atoms with Crippen molar-refractivity contribution in [3.05, 3.63) is 59.8 Å². The number of benzene rings is 1. The van der Waals surface area contributed by atoms with Crippen LogP contribution in [0.25, 0.3) is 0 Å². The van der Waals surface area contributed by atoms with Crippen LogP contribution in [0.2, 0.25) is 0 Å². The Kier molecular flexibility index (Phi) is 5.14. The molecule has 2 amide bonds. The van der Waals surface area contributed by atoms with Gasteiger partial charge in [-0.2, -0.15) is 5.26 Å². The molecule has 0 saturated heterocycles. The van der Waals surface area contributed by atoms with Crippen LogP contribution in [-0.4, -0.2) is 30.6 Å². The lowest BCUT2D eigenvalue weighted by Gasteiger charge is -2.17. The number of anilines is 1.